The maximum Gasteiger partial charge on any atom is 0.162 e. The second-order valence-electron chi connectivity index (χ2n) is 4.71. The van der Waals surface area contributed by atoms with Crippen molar-refractivity contribution >= 4 is 17.4 Å². The Kier molecular flexibility index (Phi) is 4.64. The van der Waals surface area contributed by atoms with Crippen LogP contribution in [0.3, 0.4) is 0 Å². The fraction of sp³-hybridized carbons (Fsp3) is 0.571. The molecule has 1 aliphatic carbocycles. The van der Waals surface area contributed by atoms with Gasteiger partial charge in [0.2, 0.25) is 0 Å². The summed E-state index contributed by atoms with van der Waals surface area (Å²) in [5.41, 5.74) is 6.82. The summed E-state index contributed by atoms with van der Waals surface area (Å²) in [5, 5.41) is 0. The molecule has 2 rings (SSSR count). The molecular formula is C14H21NO2S. The third-order valence-corrected chi connectivity index (χ3v) is 4.77. The zero-order valence-electron chi connectivity index (χ0n) is 11.1. The highest BCUT2D eigenvalue weighted by molar-refractivity contribution is 7.99. The molecule has 100 valence electrons. The van der Waals surface area contributed by atoms with Crippen LogP contribution in [0, 0.1) is 5.92 Å². The molecule has 2 N–H and O–H groups in total. The maximum atomic E-state index is 6.05. The van der Waals surface area contributed by atoms with Gasteiger partial charge in [-0.2, -0.15) is 0 Å². The molecule has 0 atom stereocenters. The van der Waals surface area contributed by atoms with Crippen molar-refractivity contribution < 1.29 is 9.47 Å². The van der Waals surface area contributed by atoms with Crippen molar-refractivity contribution in [3.8, 4) is 11.5 Å². The SMILES string of the molecule is COc1cc(N)c(SCC2CCCC2)cc1OC. The van der Waals surface area contributed by atoms with Gasteiger partial charge in [-0.05, 0) is 24.8 Å². The molecule has 0 unspecified atom stereocenters. The highest BCUT2D eigenvalue weighted by Crippen LogP contribution is 2.39. The normalized spacial score (nSPS) is 15.9. The van der Waals surface area contributed by atoms with Gasteiger partial charge >= 0.3 is 0 Å². The number of thioether (sulfide) groups is 1. The predicted octanol–water partition coefficient (Wildman–Crippen LogP) is 3.57. The molecule has 3 nitrogen and oxygen atoms in total. The molecule has 0 aromatic heterocycles. The summed E-state index contributed by atoms with van der Waals surface area (Å²) in [7, 11) is 3.28. The van der Waals surface area contributed by atoms with Crippen molar-refractivity contribution in [1.29, 1.82) is 0 Å². The lowest BCUT2D eigenvalue weighted by molar-refractivity contribution is 0.354. The van der Waals surface area contributed by atoms with E-state index in [2.05, 4.69) is 0 Å². The zero-order chi connectivity index (χ0) is 13.0. The molecule has 1 aliphatic rings. The number of rotatable bonds is 5. The second kappa shape index (κ2) is 6.23. The first-order chi connectivity index (χ1) is 8.74. The van der Waals surface area contributed by atoms with Gasteiger partial charge in [-0.15, -0.1) is 11.8 Å². The minimum atomic E-state index is 0.695. The lowest BCUT2D eigenvalue weighted by Gasteiger charge is -2.13. The van der Waals surface area contributed by atoms with E-state index in [9.17, 15) is 0 Å². The van der Waals surface area contributed by atoms with Gasteiger partial charge in [0, 0.05) is 22.4 Å². The Bertz CT molecular complexity index is 403. The summed E-state index contributed by atoms with van der Waals surface area (Å²) in [4.78, 5) is 1.10. The van der Waals surface area contributed by atoms with Crippen LogP contribution in [0.5, 0.6) is 11.5 Å². The summed E-state index contributed by atoms with van der Waals surface area (Å²) >= 11 is 1.83. The van der Waals surface area contributed by atoms with Crippen LogP contribution in [0.15, 0.2) is 17.0 Å². The minimum Gasteiger partial charge on any atom is -0.493 e. The smallest absolute Gasteiger partial charge is 0.162 e. The molecule has 1 fully saturated rings. The van der Waals surface area contributed by atoms with E-state index in [-0.39, 0.29) is 0 Å². The van der Waals surface area contributed by atoms with Gasteiger partial charge < -0.3 is 15.2 Å². The number of anilines is 1. The Hall–Kier alpha value is -1.03. The fourth-order valence-electron chi connectivity index (χ4n) is 2.39. The topological polar surface area (TPSA) is 44.5 Å². The van der Waals surface area contributed by atoms with Gasteiger partial charge in [0.15, 0.2) is 11.5 Å². The molecule has 0 saturated heterocycles. The number of nitrogen functional groups attached to an aromatic ring is 1. The monoisotopic (exact) mass is 267 g/mol. The van der Waals surface area contributed by atoms with Crippen molar-refractivity contribution in [2.45, 2.75) is 30.6 Å². The molecule has 0 aliphatic heterocycles. The van der Waals surface area contributed by atoms with Crippen molar-refractivity contribution in [3.05, 3.63) is 12.1 Å². The quantitative estimate of drug-likeness (QED) is 0.654. The lowest BCUT2D eigenvalue weighted by atomic mass is 10.1. The summed E-state index contributed by atoms with van der Waals surface area (Å²) in [6, 6.07) is 3.82. The van der Waals surface area contributed by atoms with Crippen LogP contribution in [0.1, 0.15) is 25.7 Å². The first-order valence-corrected chi connectivity index (χ1v) is 7.37. The fourth-order valence-corrected chi connectivity index (χ4v) is 3.55. The van der Waals surface area contributed by atoms with E-state index in [0.717, 1.165) is 28.0 Å². The summed E-state index contributed by atoms with van der Waals surface area (Å²) in [5.74, 6) is 3.45. The summed E-state index contributed by atoms with van der Waals surface area (Å²) in [6.45, 7) is 0. The van der Waals surface area contributed by atoms with Gasteiger partial charge in [0.05, 0.1) is 14.2 Å². The first-order valence-electron chi connectivity index (χ1n) is 6.39. The van der Waals surface area contributed by atoms with Gasteiger partial charge in [-0.25, -0.2) is 0 Å². The van der Waals surface area contributed by atoms with E-state index >= 15 is 0 Å². The molecule has 1 aromatic carbocycles. The Morgan fingerprint density at radius 2 is 1.78 bits per heavy atom. The van der Waals surface area contributed by atoms with Gasteiger partial charge in [-0.1, -0.05) is 12.8 Å². The number of nitrogens with two attached hydrogens (primary N) is 1. The molecule has 0 bridgehead atoms. The van der Waals surface area contributed by atoms with Crippen molar-refractivity contribution in [3.63, 3.8) is 0 Å². The van der Waals surface area contributed by atoms with Crippen molar-refractivity contribution in [2.75, 3.05) is 25.7 Å². The van der Waals surface area contributed by atoms with Crippen LogP contribution < -0.4 is 15.2 Å². The molecule has 0 heterocycles. The third kappa shape index (κ3) is 3.05. The Labute approximate surface area is 113 Å². The highest BCUT2D eigenvalue weighted by Gasteiger charge is 2.16. The number of hydrogen-bond donors (Lipinski definition) is 1. The minimum absolute atomic E-state index is 0.695. The Balaban J connectivity index is 2.06. The zero-order valence-corrected chi connectivity index (χ0v) is 11.9. The van der Waals surface area contributed by atoms with E-state index in [1.807, 2.05) is 23.9 Å². The third-order valence-electron chi connectivity index (χ3n) is 3.47. The van der Waals surface area contributed by atoms with E-state index in [1.54, 1.807) is 14.2 Å². The first kappa shape index (κ1) is 13.4. The van der Waals surface area contributed by atoms with Crippen LogP contribution in [0.2, 0.25) is 0 Å². The van der Waals surface area contributed by atoms with Crippen LogP contribution in [0.4, 0.5) is 5.69 Å². The lowest BCUT2D eigenvalue weighted by Crippen LogP contribution is -1.99. The second-order valence-corrected chi connectivity index (χ2v) is 5.77. The molecule has 1 saturated carbocycles. The Morgan fingerprint density at radius 1 is 1.17 bits per heavy atom. The molecule has 1 aromatic rings. The highest BCUT2D eigenvalue weighted by atomic mass is 32.2. The van der Waals surface area contributed by atoms with Gasteiger partial charge in [-0.3, -0.25) is 0 Å². The van der Waals surface area contributed by atoms with E-state index < -0.39 is 0 Å². The molecule has 0 radical (unpaired) electrons. The number of hydrogen-bond acceptors (Lipinski definition) is 4. The largest absolute Gasteiger partial charge is 0.493 e. The van der Waals surface area contributed by atoms with Gasteiger partial charge in [0.1, 0.15) is 0 Å². The van der Waals surface area contributed by atoms with Gasteiger partial charge in [0.25, 0.3) is 0 Å². The predicted molar refractivity (Wildman–Crippen MR) is 76.6 cm³/mol. The maximum absolute atomic E-state index is 6.05. The number of methoxy groups -OCH3 is 2. The molecule has 0 amide bonds. The van der Waals surface area contributed by atoms with Crippen LogP contribution >= 0.6 is 11.8 Å². The molecule has 4 heteroatoms. The van der Waals surface area contributed by atoms with Crippen LogP contribution in [-0.2, 0) is 0 Å². The van der Waals surface area contributed by atoms with Crippen LogP contribution in [-0.4, -0.2) is 20.0 Å². The number of benzene rings is 1. The van der Waals surface area contributed by atoms with E-state index in [4.69, 9.17) is 15.2 Å². The summed E-state index contributed by atoms with van der Waals surface area (Å²) in [6.07, 6.45) is 5.49. The van der Waals surface area contributed by atoms with Crippen molar-refractivity contribution in [1.82, 2.24) is 0 Å². The average Bonchev–Trinajstić information content (AvgIpc) is 2.90. The Morgan fingerprint density at radius 3 is 2.39 bits per heavy atom. The molecule has 18 heavy (non-hydrogen) atoms. The van der Waals surface area contributed by atoms with E-state index in [0.29, 0.717) is 5.75 Å². The molecular weight excluding hydrogens is 246 g/mol. The standard InChI is InChI=1S/C14H21NO2S/c1-16-12-7-11(15)14(8-13(12)17-2)18-9-10-5-3-4-6-10/h7-8,10H,3-6,9,15H2,1-2H3. The number of ether oxygens (including phenoxy) is 2. The van der Waals surface area contributed by atoms with Crippen LogP contribution in [0.25, 0.3) is 0 Å². The molecule has 0 spiro atoms. The average molecular weight is 267 g/mol. The van der Waals surface area contributed by atoms with Crippen molar-refractivity contribution in [2.24, 2.45) is 5.92 Å². The van der Waals surface area contributed by atoms with E-state index in [1.165, 1.54) is 25.7 Å². The summed E-state index contributed by atoms with van der Waals surface area (Å²) < 4.78 is 10.5.